The van der Waals surface area contributed by atoms with Crippen LogP contribution in [0.1, 0.15) is 10.6 Å². The number of hydrogen-bond acceptors (Lipinski definition) is 3. The molecule has 4 heteroatoms. The first-order chi connectivity index (χ1) is 6.70. The predicted octanol–water partition coefficient (Wildman–Crippen LogP) is 2.58. The second-order valence-electron chi connectivity index (χ2n) is 2.77. The van der Waals surface area contributed by atoms with E-state index in [1.54, 1.807) is 18.2 Å². The van der Waals surface area contributed by atoms with Crippen molar-refractivity contribution in [2.45, 2.75) is 0 Å². The van der Waals surface area contributed by atoms with Gasteiger partial charge < -0.3 is 4.42 Å². The molecule has 2 aromatic rings. The normalized spacial score (nSPS) is 10.4. The SMILES string of the molecule is O=CC(=O)c1cc2cc(Br)ccc2o1. The van der Waals surface area contributed by atoms with Crippen LogP contribution in [-0.2, 0) is 4.79 Å². The van der Waals surface area contributed by atoms with E-state index in [1.165, 1.54) is 0 Å². The first-order valence-electron chi connectivity index (χ1n) is 3.89. The Labute approximate surface area is 87.8 Å². The monoisotopic (exact) mass is 252 g/mol. The summed E-state index contributed by atoms with van der Waals surface area (Å²) in [5.74, 6) is -0.564. The van der Waals surface area contributed by atoms with Crippen LogP contribution in [0.15, 0.2) is 33.2 Å². The highest BCUT2D eigenvalue weighted by atomic mass is 79.9. The quantitative estimate of drug-likeness (QED) is 0.469. The Balaban J connectivity index is 2.62. The lowest BCUT2D eigenvalue weighted by atomic mass is 10.2. The van der Waals surface area contributed by atoms with Gasteiger partial charge in [0.25, 0.3) is 5.78 Å². The van der Waals surface area contributed by atoms with Gasteiger partial charge in [0, 0.05) is 9.86 Å². The van der Waals surface area contributed by atoms with E-state index < -0.39 is 5.78 Å². The van der Waals surface area contributed by atoms with E-state index in [0.29, 0.717) is 5.58 Å². The van der Waals surface area contributed by atoms with Crippen molar-refractivity contribution in [1.82, 2.24) is 0 Å². The third-order valence-electron chi connectivity index (χ3n) is 1.83. The molecule has 1 aromatic heterocycles. The average Bonchev–Trinajstić information content (AvgIpc) is 2.59. The Hall–Kier alpha value is -1.42. The van der Waals surface area contributed by atoms with Gasteiger partial charge in [0.2, 0.25) is 0 Å². The second kappa shape index (κ2) is 3.38. The number of carbonyl (C=O) groups excluding carboxylic acids is 2. The van der Waals surface area contributed by atoms with Crippen molar-refractivity contribution in [2.24, 2.45) is 0 Å². The van der Waals surface area contributed by atoms with Crippen LogP contribution in [0.25, 0.3) is 11.0 Å². The van der Waals surface area contributed by atoms with Crippen LogP contribution in [0.4, 0.5) is 0 Å². The Kier molecular flexibility index (Phi) is 2.21. The zero-order valence-electron chi connectivity index (χ0n) is 6.99. The molecule has 0 saturated heterocycles. The largest absolute Gasteiger partial charge is 0.452 e. The molecule has 0 fully saturated rings. The minimum absolute atomic E-state index is 0.0769. The topological polar surface area (TPSA) is 47.3 Å². The minimum atomic E-state index is -0.641. The summed E-state index contributed by atoms with van der Waals surface area (Å²) >= 11 is 3.30. The molecule has 0 spiro atoms. The predicted molar refractivity (Wildman–Crippen MR) is 54.3 cm³/mol. The van der Waals surface area contributed by atoms with Gasteiger partial charge in [-0.05, 0) is 24.3 Å². The molecular formula is C10H5BrO3. The van der Waals surface area contributed by atoms with Crippen molar-refractivity contribution < 1.29 is 14.0 Å². The number of carbonyl (C=O) groups is 2. The maximum Gasteiger partial charge on any atom is 0.260 e. The van der Waals surface area contributed by atoms with Gasteiger partial charge in [0.1, 0.15) is 5.58 Å². The molecule has 0 aliphatic carbocycles. The number of halogens is 1. The number of fused-ring (bicyclic) bond motifs is 1. The molecule has 3 nitrogen and oxygen atoms in total. The van der Waals surface area contributed by atoms with Gasteiger partial charge >= 0.3 is 0 Å². The molecule has 0 aliphatic heterocycles. The van der Waals surface area contributed by atoms with E-state index in [9.17, 15) is 9.59 Å². The third-order valence-corrected chi connectivity index (χ3v) is 2.32. The zero-order valence-corrected chi connectivity index (χ0v) is 8.58. The van der Waals surface area contributed by atoms with Gasteiger partial charge in [-0.1, -0.05) is 15.9 Å². The van der Waals surface area contributed by atoms with Crippen molar-refractivity contribution >= 4 is 39.0 Å². The van der Waals surface area contributed by atoms with E-state index in [4.69, 9.17) is 4.42 Å². The lowest BCUT2D eigenvalue weighted by Gasteiger charge is -1.87. The summed E-state index contributed by atoms with van der Waals surface area (Å²) < 4.78 is 6.07. The van der Waals surface area contributed by atoms with Crippen LogP contribution >= 0.6 is 15.9 Å². The Bertz CT molecular complexity index is 513. The number of benzene rings is 1. The van der Waals surface area contributed by atoms with Gasteiger partial charge in [-0.3, -0.25) is 9.59 Å². The van der Waals surface area contributed by atoms with E-state index in [-0.39, 0.29) is 12.0 Å². The van der Waals surface area contributed by atoms with Crippen LogP contribution in [0.3, 0.4) is 0 Å². The maximum atomic E-state index is 11.0. The fourth-order valence-corrected chi connectivity index (χ4v) is 1.57. The molecule has 0 bridgehead atoms. The average molecular weight is 253 g/mol. The van der Waals surface area contributed by atoms with E-state index in [2.05, 4.69) is 15.9 Å². The third kappa shape index (κ3) is 1.48. The smallest absolute Gasteiger partial charge is 0.260 e. The fraction of sp³-hybridized carbons (Fsp3) is 0. The van der Waals surface area contributed by atoms with E-state index in [1.807, 2.05) is 6.07 Å². The maximum absolute atomic E-state index is 11.0. The second-order valence-corrected chi connectivity index (χ2v) is 3.69. The molecular weight excluding hydrogens is 248 g/mol. The number of aldehydes is 1. The van der Waals surface area contributed by atoms with Crippen LogP contribution in [0.5, 0.6) is 0 Å². The van der Waals surface area contributed by atoms with E-state index in [0.717, 1.165) is 9.86 Å². The van der Waals surface area contributed by atoms with Gasteiger partial charge in [0.15, 0.2) is 12.0 Å². The summed E-state index contributed by atoms with van der Waals surface area (Å²) in [4.78, 5) is 21.2. The fourth-order valence-electron chi connectivity index (χ4n) is 1.19. The molecule has 2 rings (SSSR count). The molecule has 0 saturated carbocycles. The van der Waals surface area contributed by atoms with Crippen molar-refractivity contribution in [3.8, 4) is 0 Å². The van der Waals surface area contributed by atoms with Crippen molar-refractivity contribution in [3.63, 3.8) is 0 Å². The molecule has 0 N–H and O–H groups in total. The molecule has 0 radical (unpaired) electrons. The summed E-state index contributed by atoms with van der Waals surface area (Å²) in [6.45, 7) is 0. The molecule has 0 unspecified atom stereocenters. The van der Waals surface area contributed by atoms with Gasteiger partial charge in [-0.25, -0.2) is 0 Å². The molecule has 1 aromatic carbocycles. The van der Waals surface area contributed by atoms with Crippen LogP contribution in [-0.4, -0.2) is 12.1 Å². The summed E-state index contributed by atoms with van der Waals surface area (Å²) in [6.07, 6.45) is 0.243. The number of hydrogen-bond donors (Lipinski definition) is 0. The lowest BCUT2D eigenvalue weighted by Crippen LogP contribution is -1.96. The van der Waals surface area contributed by atoms with Gasteiger partial charge in [0.05, 0.1) is 0 Å². The summed E-state index contributed by atoms with van der Waals surface area (Å²) in [5, 5.41) is 0.796. The molecule has 14 heavy (non-hydrogen) atoms. The zero-order chi connectivity index (χ0) is 10.1. The van der Waals surface area contributed by atoms with Gasteiger partial charge in [-0.15, -0.1) is 0 Å². The summed E-state index contributed by atoms with van der Waals surface area (Å²) in [6, 6.07) is 6.92. The van der Waals surface area contributed by atoms with Crippen molar-refractivity contribution in [3.05, 3.63) is 34.5 Å². The van der Waals surface area contributed by atoms with E-state index >= 15 is 0 Å². The molecule has 0 amide bonds. The molecule has 0 aliphatic rings. The molecule has 0 atom stereocenters. The van der Waals surface area contributed by atoms with Crippen LogP contribution in [0, 0.1) is 0 Å². The van der Waals surface area contributed by atoms with Crippen LogP contribution < -0.4 is 0 Å². The van der Waals surface area contributed by atoms with Crippen molar-refractivity contribution in [1.29, 1.82) is 0 Å². The van der Waals surface area contributed by atoms with Gasteiger partial charge in [-0.2, -0.15) is 0 Å². The number of rotatable bonds is 2. The number of ketones is 1. The first-order valence-corrected chi connectivity index (χ1v) is 4.68. The minimum Gasteiger partial charge on any atom is -0.452 e. The number of furan rings is 1. The summed E-state index contributed by atoms with van der Waals surface area (Å²) in [5.41, 5.74) is 0.596. The van der Waals surface area contributed by atoms with Crippen molar-refractivity contribution in [2.75, 3.05) is 0 Å². The van der Waals surface area contributed by atoms with Crippen LogP contribution in [0.2, 0.25) is 0 Å². The highest BCUT2D eigenvalue weighted by Crippen LogP contribution is 2.23. The standard InChI is InChI=1S/C10H5BrO3/c11-7-1-2-9-6(3-7)4-10(14-9)8(13)5-12/h1-5H. The highest BCUT2D eigenvalue weighted by molar-refractivity contribution is 9.10. The lowest BCUT2D eigenvalue weighted by molar-refractivity contribution is -0.104. The highest BCUT2D eigenvalue weighted by Gasteiger charge is 2.10. The Morgan fingerprint density at radius 1 is 1.36 bits per heavy atom. The summed E-state index contributed by atoms with van der Waals surface area (Å²) in [7, 11) is 0. The molecule has 70 valence electrons. The number of Topliss-reactive ketones (excluding diaryl/α,β-unsaturated/α-hetero) is 1. The Morgan fingerprint density at radius 2 is 2.14 bits per heavy atom. The first kappa shape index (κ1) is 9.15. The molecule has 1 heterocycles. The Morgan fingerprint density at radius 3 is 2.86 bits per heavy atom.